The van der Waals surface area contributed by atoms with Crippen molar-refractivity contribution in [1.29, 1.82) is 0 Å². The number of halogens is 1. The van der Waals surface area contributed by atoms with Crippen LogP contribution in [0.1, 0.15) is 52.9 Å². The molecule has 2 fully saturated rings. The molecule has 0 N–H and O–H groups in total. The maximum Gasteiger partial charge on any atom is 0.148 e. The van der Waals surface area contributed by atoms with Gasteiger partial charge in [-0.25, -0.2) is 4.39 Å². The van der Waals surface area contributed by atoms with Gasteiger partial charge in [0.05, 0.1) is 0 Å². The third-order valence-electron chi connectivity index (χ3n) is 5.25. The molecule has 112 valence electrons. The van der Waals surface area contributed by atoms with Crippen LogP contribution in [0, 0.1) is 5.92 Å². The Morgan fingerprint density at radius 1 is 1.21 bits per heavy atom. The fraction of sp³-hybridized carbons (Fsp3) is 1.00. The van der Waals surface area contributed by atoms with Crippen molar-refractivity contribution in [2.24, 2.45) is 5.92 Å². The van der Waals surface area contributed by atoms with Crippen LogP contribution < -0.4 is 0 Å². The minimum atomic E-state index is -0.958. The molecule has 0 bridgehead atoms. The van der Waals surface area contributed by atoms with Crippen LogP contribution >= 0.6 is 0 Å². The summed E-state index contributed by atoms with van der Waals surface area (Å²) in [5.41, 5.74) is -0.958. The van der Waals surface area contributed by atoms with Gasteiger partial charge in [0.2, 0.25) is 0 Å². The van der Waals surface area contributed by atoms with Gasteiger partial charge in [-0.2, -0.15) is 0 Å². The maximum atomic E-state index is 14.6. The predicted molar refractivity (Wildman–Crippen MR) is 79.2 cm³/mol. The summed E-state index contributed by atoms with van der Waals surface area (Å²) < 4.78 is 14.6. The molecule has 1 aliphatic heterocycles. The number of rotatable bonds is 5. The average molecular weight is 270 g/mol. The van der Waals surface area contributed by atoms with Crippen LogP contribution in [0.25, 0.3) is 0 Å². The third kappa shape index (κ3) is 3.69. The van der Waals surface area contributed by atoms with Crippen molar-refractivity contribution < 1.29 is 4.39 Å². The van der Waals surface area contributed by atoms with E-state index in [1.54, 1.807) is 0 Å². The highest BCUT2D eigenvalue weighted by molar-refractivity contribution is 5.00. The molecular weight excluding hydrogens is 239 g/mol. The molecule has 1 aliphatic carbocycles. The molecule has 0 unspecified atom stereocenters. The van der Waals surface area contributed by atoms with E-state index in [9.17, 15) is 4.39 Å². The number of hydrogen-bond acceptors (Lipinski definition) is 2. The zero-order valence-corrected chi connectivity index (χ0v) is 13.2. The average Bonchev–Trinajstić information content (AvgIpc) is 2.35. The molecule has 0 amide bonds. The summed E-state index contributed by atoms with van der Waals surface area (Å²) in [5.74, 6) is 0.920. The van der Waals surface area contributed by atoms with Crippen molar-refractivity contribution in [2.45, 2.75) is 70.6 Å². The van der Waals surface area contributed by atoms with E-state index in [1.165, 1.54) is 32.1 Å². The summed E-state index contributed by atoms with van der Waals surface area (Å²) >= 11 is 0. The predicted octanol–water partition coefficient (Wildman–Crippen LogP) is 3.32. The van der Waals surface area contributed by atoms with Crippen molar-refractivity contribution in [3.63, 3.8) is 0 Å². The first-order chi connectivity index (χ1) is 8.93. The molecule has 2 rings (SSSR count). The molecular formula is C16H31FN2. The van der Waals surface area contributed by atoms with Gasteiger partial charge in [0.1, 0.15) is 5.67 Å². The molecule has 0 aromatic rings. The second-order valence-electron chi connectivity index (χ2n) is 7.15. The van der Waals surface area contributed by atoms with E-state index in [0.717, 1.165) is 5.92 Å². The lowest BCUT2D eigenvalue weighted by molar-refractivity contribution is -0.0723. The molecule has 1 heterocycles. The highest BCUT2D eigenvalue weighted by Gasteiger charge is 2.45. The van der Waals surface area contributed by atoms with Crippen LogP contribution in [0.3, 0.4) is 0 Å². The van der Waals surface area contributed by atoms with E-state index in [0.29, 0.717) is 31.7 Å². The number of alkyl halides is 1. The van der Waals surface area contributed by atoms with Crippen LogP contribution in [0.2, 0.25) is 0 Å². The summed E-state index contributed by atoms with van der Waals surface area (Å²) in [7, 11) is 2.12. The minimum absolute atomic E-state index is 0.481. The molecule has 0 radical (unpaired) electrons. The standard InChI is InChI=1S/C16H31FN2/c1-5-14-6-8-15(9-7-14)18(4)10-16(17)11-19(12-16)13(2)3/h13-15H,5-12H2,1-4H3. The summed E-state index contributed by atoms with van der Waals surface area (Å²) in [6, 6.07) is 1.10. The quantitative estimate of drug-likeness (QED) is 0.756. The Labute approximate surface area is 118 Å². The summed E-state index contributed by atoms with van der Waals surface area (Å²) in [6.45, 7) is 8.46. The number of nitrogens with zero attached hydrogens (tertiary/aromatic N) is 2. The van der Waals surface area contributed by atoms with Crippen LogP contribution in [0.15, 0.2) is 0 Å². The van der Waals surface area contributed by atoms with E-state index in [2.05, 4.69) is 37.6 Å². The second kappa shape index (κ2) is 6.09. The number of hydrogen-bond donors (Lipinski definition) is 0. The van der Waals surface area contributed by atoms with Crippen molar-refractivity contribution in [3.05, 3.63) is 0 Å². The largest absolute Gasteiger partial charge is 0.300 e. The van der Waals surface area contributed by atoms with Gasteiger partial charge < -0.3 is 4.90 Å². The normalized spacial score (nSPS) is 31.7. The first-order valence-corrected chi connectivity index (χ1v) is 8.06. The Morgan fingerprint density at radius 2 is 1.79 bits per heavy atom. The first-order valence-electron chi connectivity index (χ1n) is 8.06. The molecule has 1 saturated heterocycles. The highest BCUT2D eigenvalue weighted by atomic mass is 19.1. The van der Waals surface area contributed by atoms with E-state index < -0.39 is 5.67 Å². The SMILES string of the molecule is CCC1CCC(N(C)CC2(F)CN(C(C)C)C2)CC1. The van der Waals surface area contributed by atoms with Gasteiger partial charge in [-0.05, 0) is 52.5 Å². The van der Waals surface area contributed by atoms with E-state index in [4.69, 9.17) is 0 Å². The van der Waals surface area contributed by atoms with Crippen LogP contribution in [0.4, 0.5) is 4.39 Å². The lowest BCUT2D eigenvalue weighted by Crippen LogP contribution is -2.65. The van der Waals surface area contributed by atoms with E-state index in [-0.39, 0.29) is 0 Å². The zero-order chi connectivity index (χ0) is 14.0. The Kier molecular flexibility index (Phi) is 4.88. The summed E-state index contributed by atoms with van der Waals surface area (Å²) in [6.07, 6.45) is 6.51. The van der Waals surface area contributed by atoms with E-state index in [1.807, 2.05) is 0 Å². The fourth-order valence-electron chi connectivity index (χ4n) is 3.72. The molecule has 0 atom stereocenters. The van der Waals surface area contributed by atoms with Crippen molar-refractivity contribution in [3.8, 4) is 0 Å². The minimum Gasteiger partial charge on any atom is -0.300 e. The van der Waals surface area contributed by atoms with Gasteiger partial charge in [0.15, 0.2) is 0 Å². The smallest absolute Gasteiger partial charge is 0.148 e. The lowest BCUT2D eigenvalue weighted by atomic mass is 9.83. The van der Waals surface area contributed by atoms with Gasteiger partial charge >= 0.3 is 0 Å². The highest BCUT2D eigenvalue weighted by Crippen LogP contribution is 2.32. The maximum absolute atomic E-state index is 14.6. The summed E-state index contributed by atoms with van der Waals surface area (Å²) in [5, 5.41) is 0. The van der Waals surface area contributed by atoms with E-state index >= 15 is 0 Å². The molecule has 2 aliphatic rings. The van der Waals surface area contributed by atoms with Gasteiger partial charge in [-0.1, -0.05) is 13.3 Å². The molecule has 0 aromatic carbocycles. The molecule has 19 heavy (non-hydrogen) atoms. The molecule has 3 heteroatoms. The molecule has 0 spiro atoms. The second-order valence-corrected chi connectivity index (χ2v) is 7.15. The van der Waals surface area contributed by atoms with Gasteiger partial charge in [-0.3, -0.25) is 4.90 Å². The number of likely N-dealkylation sites (tertiary alicyclic amines) is 1. The molecule has 0 aromatic heterocycles. The Balaban J connectivity index is 1.74. The Hall–Kier alpha value is -0.150. The zero-order valence-electron chi connectivity index (χ0n) is 13.2. The third-order valence-corrected chi connectivity index (χ3v) is 5.25. The fourth-order valence-corrected chi connectivity index (χ4v) is 3.72. The van der Waals surface area contributed by atoms with Crippen LogP contribution in [-0.4, -0.2) is 54.2 Å². The molecule has 1 saturated carbocycles. The van der Waals surface area contributed by atoms with Crippen molar-refractivity contribution in [2.75, 3.05) is 26.7 Å². The van der Waals surface area contributed by atoms with Crippen LogP contribution in [0.5, 0.6) is 0 Å². The van der Waals surface area contributed by atoms with Crippen molar-refractivity contribution >= 4 is 0 Å². The summed E-state index contributed by atoms with van der Waals surface area (Å²) in [4.78, 5) is 4.52. The van der Waals surface area contributed by atoms with Gasteiger partial charge in [0, 0.05) is 31.7 Å². The first kappa shape index (κ1) is 15.2. The topological polar surface area (TPSA) is 6.48 Å². The Bertz CT molecular complexity index is 278. The molecule has 2 nitrogen and oxygen atoms in total. The van der Waals surface area contributed by atoms with Gasteiger partial charge in [-0.15, -0.1) is 0 Å². The van der Waals surface area contributed by atoms with Crippen molar-refractivity contribution in [1.82, 2.24) is 9.80 Å². The monoisotopic (exact) mass is 270 g/mol. The van der Waals surface area contributed by atoms with Crippen LogP contribution in [-0.2, 0) is 0 Å². The lowest BCUT2D eigenvalue weighted by Gasteiger charge is -2.49. The van der Waals surface area contributed by atoms with Gasteiger partial charge in [0.25, 0.3) is 0 Å². The Morgan fingerprint density at radius 3 is 2.26 bits per heavy atom.